The minimum atomic E-state index is -1.03. The van der Waals surface area contributed by atoms with E-state index in [2.05, 4.69) is 10.6 Å². The standard InChI is InChI=1S/C6H12N2O3/c1-4(9)8-5(3-7-2)6(10)11/h5,7H,3H2,1-2H3,(H,8,9)(H,10,11). The average Bonchev–Trinajstić information content (AvgIpc) is 1.86. The monoisotopic (exact) mass is 160 g/mol. The van der Waals surface area contributed by atoms with Crippen molar-refractivity contribution >= 4 is 11.9 Å². The van der Waals surface area contributed by atoms with E-state index in [0.29, 0.717) is 0 Å². The fourth-order valence-corrected chi connectivity index (χ4v) is 0.650. The van der Waals surface area contributed by atoms with Crippen LogP contribution in [-0.2, 0) is 9.59 Å². The molecule has 0 aromatic rings. The van der Waals surface area contributed by atoms with Crippen molar-refractivity contribution in [1.29, 1.82) is 0 Å². The van der Waals surface area contributed by atoms with E-state index in [-0.39, 0.29) is 12.5 Å². The Balaban J connectivity index is 3.89. The molecule has 11 heavy (non-hydrogen) atoms. The summed E-state index contributed by atoms with van der Waals surface area (Å²) in [6.45, 7) is 1.51. The first kappa shape index (κ1) is 9.90. The predicted molar refractivity (Wildman–Crippen MR) is 39.2 cm³/mol. The first-order chi connectivity index (χ1) is 5.07. The van der Waals surface area contributed by atoms with Crippen molar-refractivity contribution in [2.75, 3.05) is 13.6 Å². The van der Waals surface area contributed by atoms with Crippen LogP contribution in [0.25, 0.3) is 0 Å². The lowest BCUT2D eigenvalue weighted by Gasteiger charge is -2.11. The highest BCUT2D eigenvalue weighted by Gasteiger charge is 2.16. The molecule has 0 rings (SSSR count). The van der Waals surface area contributed by atoms with Crippen molar-refractivity contribution in [2.45, 2.75) is 13.0 Å². The lowest BCUT2D eigenvalue weighted by Crippen LogP contribution is -2.45. The van der Waals surface area contributed by atoms with Gasteiger partial charge in [0.15, 0.2) is 0 Å². The summed E-state index contributed by atoms with van der Waals surface area (Å²) >= 11 is 0. The molecular formula is C6H12N2O3. The number of aliphatic carboxylic acids is 1. The van der Waals surface area contributed by atoms with E-state index in [1.54, 1.807) is 7.05 Å². The van der Waals surface area contributed by atoms with E-state index >= 15 is 0 Å². The Bertz CT molecular complexity index is 158. The minimum Gasteiger partial charge on any atom is -0.480 e. The number of rotatable bonds is 4. The molecule has 0 spiro atoms. The van der Waals surface area contributed by atoms with Crippen LogP contribution in [0.15, 0.2) is 0 Å². The number of amides is 1. The van der Waals surface area contributed by atoms with Crippen LogP contribution in [0.2, 0.25) is 0 Å². The second kappa shape index (κ2) is 4.68. The average molecular weight is 160 g/mol. The van der Waals surface area contributed by atoms with Crippen molar-refractivity contribution < 1.29 is 14.7 Å². The lowest BCUT2D eigenvalue weighted by atomic mass is 10.3. The van der Waals surface area contributed by atoms with Gasteiger partial charge in [0.25, 0.3) is 0 Å². The number of carboxylic acid groups (broad SMARTS) is 1. The number of likely N-dealkylation sites (N-methyl/N-ethyl adjacent to an activating group) is 1. The quantitative estimate of drug-likeness (QED) is 0.482. The van der Waals surface area contributed by atoms with Gasteiger partial charge in [-0.25, -0.2) is 4.79 Å². The topological polar surface area (TPSA) is 78.4 Å². The molecular weight excluding hydrogens is 148 g/mol. The molecule has 0 fully saturated rings. The van der Waals surface area contributed by atoms with Gasteiger partial charge in [0, 0.05) is 13.5 Å². The molecule has 0 aliphatic heterocycles. The summed E-state index contributed by atoms with van der Waals surface area (Å²) in [5.74, 6) is -1.37. The number of hydrogen-bond donors (Lipinski definition) is 3. The maximum atomic E-state index is 10.4. The largest absolute Gasteiger partial charge is 0.480 e. The third-order valence-electron chi connectivity index (χ3n) is 1.08. The van der Waals surface area contributed by atoms with Crippen LogP contribution in [0.4, 0.5) is 0 Å². The second-order valence-electron chi connectivity index (χ2n) is 2.15. The van der Waals surface area contributed by atoms with Gasteiger partial charge >= 0.3 is 5.97 Å². The van der Waals surface area contributed by atoms with Crippen LogP contribution in [0, 0.1) is 0 Å². The SMILES string of the molecule is CNCC(NC(C)=O)C(=O)O. The summed E-state index contributed by atoms with van der Waals surface area (Å²) in [5, 5.41) is 13.4. The summed E-state index contributed by atoms with van der Waals surface area (Å²) in [6, 6.07) is -0.836. The number of carbonyl (C=O) groups excluding carboxylic acids is 1. The Morgan fingerprint density at radius 3 is 2.36 bits per heavy atom. The van der Waals surface area contributed by atoms with Crippen molar-refractivity contribution in [3.05, 3.63) is 0 Å². The van der Waals surface area contributed by atoms with Crippen LogP contribution in [0.3, 0.4) is 0 Å². The minimum absolute atomic E-state index is 0.231. The fourth-order valence-electron chi connectivity index (χ4n) is 0.650. The zero-order valence-corrected chi connectivity index (χ0v) is 6.55. The van der Waals surface area contributed by atoms with Crippen LogP contribution < -0.4 is 10.6 Å². The zero-order valence-electron chi connectivity index (χ0n) is 6.55. The second-order valence-corrected chi connectivity index (χ2v) is 2.15. The molecule has 0 radical (unpaired) electrons. The maximum absolute atomic E-state index is 10.4. The first-order valence-electron chi connectivity index (χ1n) is 3.22. The highest BCUT2D eigenvalue weighted by Crippen LogP contribution is 1.80. The van der Waals surface area contributed by atoms with Crippen molar-refractivity contribution in [3.63, 3.8) is 0 Å². The van der Waals surface area contributed by atoms with E-state index in [0.717, 1.165) is 0 Å². The molecule has 5 nitrogen and oxygen atoms in total. The Morgan fingerprint density at radius 2 is 2.09 bits per heavy atom. The summed E-state index contributed by atoms with van der Waals surface area (Å²) < 4.78 is 0. The Labute approximate surface area is 64.8 Å². The highest BCUT2D eigenvalue weighted by molar-refractivity contribution is 5.82. The van der Waals surface area contributed by atoms with Gasteiger partial charge in [-0.15, -0.1) is 0 Å². The summed E-state index contributed by atoms with van der Waals surface area (Å²) in [5.41, 5.74) is 0. The number of carboxylic acids is 1. The number of carbonyl (C=O) groups is 2. The number of hydrogen-bond acceptors (Lipinski definition) is 3. The Hall–Kier alpha value is -1.10. The molecule has 1 amide bonds. The van der Waals surface area contributed by atoms with Gasteiger partial charge in [-0.1, -0.05) is 0 Å². The molecule has 0 aliphatic carbocycles. The predicted octanol–water partition coefficient (Wildman–Crippen LogP) is -1.20. The molecule has 0 saturated carbocycles. The molecule has 3 N–H and O–H groups in total. The highest BCUT2D eigenvalue weighted by atomic mass is 16.4. The van der Waals surface area contributed by atoms with Gasteiger partial charge in [0.2, 0.25) is 5.91 Å². The fraction of sp³-hybridized carbons (Fsp3) is 0.667. The zero-order chi connectivity index (χ0) is 8.85. The maximum Gasteiger partial charge on any atom is 0.327 e. The van der Waals surface area contributed by atoms with Gasteiger partial charge in [-0.05, 0) is 7.05 Å². The summed E-state index contributed by atoms with van der Waals surface area (Å²) in [7, 11) is 1.62. The van der Waals surface area contributed by atoms with Crippen LogP contribution in [-0.4, -0.2) is 36.6 Å². The summed E-state index contributed by atoms with van der Waals surface area (Å²) in [6.07, 6.45) is 0. The first-order valence-corrected chi connectivity index (χ1v) is 3.22. The molecule has 5 heteroatoms. The molecule has 1 atom stereocenters. The number of nitrogens with one attached hydrogen (secondary N) is 2. The Kier molecular flexibility index (Phi) is 4.21. The van der Waals surface area contributed by atoms with E-state index in [9.17, 15) is 9.59 Å². The summed E-state index contributed by atoms with van der Waals surface area (Å²) in [4.78, 5) is 20.8. The van der Waals surface area contributed by atoms with Gasteiger partial charge in [0.05, 0.1) is 0 Å². The molecule has 0 heterocycles. The normalized spacial score (nSPS) is 12.2. The van der Waals surface area contributed by atoms with E-state index in [1.165, 1.54) is 6.92 Å². The van der Waals surface area contributed by atoms with Gasteiger partial charge in [0.1, 0.15) is 6.04 Å². The van der Waals surface area contributed by atoms with Crippen LogP contribution in [0.1, 0.15) is 6.92 Å². The molecule has 0 aromatic carbocycles. The molecule has 64 valence electrons. The van der Waals surface area contributed by atoms with Crippen LogP contribution in [0.5, 0.6) is 0 Å². The van der Waals surface area contributed by atoms with E-state index < -0.39 is 12.0 Å². The van der Waals surface area contributed by atoms with Crippen molar-refractivity contribution in [1.82, 2.24) is 10.6 Å². The lowest BCUT2D eigenvalue weighted by molar-refractivity contribution is -0.141. The van der Waals surface area contributed by atoms with E-state index in [1.807, 2.05) is 0 Å². The molecule has 0 saturated heterocycles. The molecule has 1 unspecified atom stereocenters. The smallest absolute Gasteiger partial charge is 0.327 e. The van der Waals surface area contributed by atoms with Gasteiger partial charge < -0.3 is 15.7 Å². The molecule has 0 aliphatic rings. The van der Waals surface area contributed by atoms with E-state index in [4.69, 9.17) is 5.11 Å². The van der Waals surface area contributed by atoms with Gasteiger partial charge in [-0.2, -0.15) is 0 Å². The van der Waals surface area contributed by atoms with Crippen molar-refractivity contribution in [3.8, 4) is 0 Å². The molecule has 0 bridgehead atoms. The van der Waals surface area contributed by atoms with Crippen molar-refractivity contribution in [2.24, 2.45) is 0 Å². The Morgan fingerprint density at radius 1 is 1.55 bits per heavy atom. The molecule has 0 aromatic heterocycles. The third-order valence-corrected chi connectivity index (χ3v) is 1.08. The van der Waals surface area contributed by atoms with Gasteiger partial charge in [-0.3, -0.25) is 4.79 Å². The third kappa shape index (κ3) is 4.32. The van der Waals surface area contributed by atoms with Crippen LogP contribution >= 0.6 is 0 Å².